The Balaban J connectivity index is 1.66. The summed E-state index contributed by atoms with van der Waals surface area (Å²) in [6, 6.07) is 0. The summed E-state index contributed by atoms with van der Waals surface area (Å²) in [4.78, 5) is 0. The molecule has 4 aliphatic carbocycles. The zero-order chi connectivity index (χ0) is 17.2. The summed E-state index contributed by atoms with van der Waals surface area (Å²) in [6.45, 7) is 8.72. The molecule has 7 atom stereocenters. The van der Waals surface area contributed by atoms with Crippen LogP contribution in [0.5, 0.6) is 0 Å². The second-order valence-corrected chi connectivity index (χ2v) is 9.68. The summed E-state index contributed by atoms with van der Waals surface area (Å²) in [5.74, 6) is 2.10. The van der Waals surface area contributed by atoms with Crippen molar-refractivity contribution in [3.05, 3.63) is 24.3 Å². The molecule has 0 saturated heterocycles. The summed E-state index contributed by atoms with van der Waals surface area (Å²) in [5, 5.41) is 21.4. The summed E-state index contributed by atoms with van der Waals surface area (Å²) < 4.78 is 0. The number of fused-ring (bicyclic) bond motifs is 5. The molecule has 134 valence electrons. The molecule has 0 radical (unpaired) electrons. The number of hydrogen-bond acceptors (Lipinski definition) is 2. The number of aliphatic hydroxyl groups is 2. The van der Waals surface area contributed by atoms with Gasteiger partial charge in [0.2, 0.25) is 0 Å². The first kappa shape index (κ1) is 16.8. The lowest BCUT2D eigenvalue weighted by atomic mass is 9.47. The molecule has 0 amide bonds. The van der Waals surface area contributed by atoms with E-state index in [0.29, 0.717) is 17.3 Å². The standard InChI is InChI=1S/C22H34O2/c1-4-10-22(24)13-9-19-17-6-5-15-14-16(23)7-11-20(15,2)18(17)8-12-21(19,22)3/h4-5,16-19,23-24H,1,6-14H2,2-3H3/t16?,17?,18?,19?,20?,21?,22-/m0/s1. The smallest absolute Gasteiger partial charge is 0.0738 e. The van der Waals surface area contributed by atoms with Crippen LogP contribution in [-0.2, 0) is 0 Å². The van der Waals surface area contributed by atoms with E-state index in [2.05, 4.69) is 26.5 Å². The number of rotatable bonds is 2. The van der Waals surface area contributed by atoms with Crippen LogP contribution in [0.15, 0.2) is 24.3 Å². The molecule has 2 nitrogen and oxygen atoms in total. The molecule has 2 heteroatoms. The first-order valence-corrected chi connectivity index (χ1v) is 10.0. The van der Waals surface area contributed by atoms with Crippen molar-refractivity contribution in [3.8, 4) is 0 Å². The first-order valence-electron chi connectivity index (χ1n) is 10.0. The number of hydrogen-bond donors (Lipinski definition) is 2. The fourth-order valence-corrected chi connectivity index (χ4v) is 7.33. The highest BCUT2D eigenvalue weighted by atomic mass is 16.3. The minimum Gasteiger partial charge on any atom is -0.393 e. The average molecular weight is 331 g/mol. The molecule has 3 saturated carbocycles. The van der Waals surface area contributed by atoms with Gasteiger partial charge in [0.1, 0.15) is 0 Å². The number of aliphatic hydroxyl groups excluding tert-OH is 1. The largest absolute Gasteiger partial charge is 0.393 e. The lowest BCUT2D eigenvalue weighted by molar-refractivity contribution is -0.122. The fraction of sp³-hybridized carbons (Fsp3) is 0.818. The van der Waals surface area contributed by atoms with Gasteiger partial charge < -0.3 is 10.2 Å². The summed E-state index contributed by atoms with van der Waals surface area (Å²) >= 11 is 0. The van der Waals surface area contributed by atoms with Crippen molar-refractivity contribution in [2.45, 2.75) is 83.3 Å². The molecule has 4 aliphatic rings. The van der Waals surface area contributed by atoms with Crippen molar-refractivity contribution >= 4 is 0 Å². The third kappa shape index (κ3) is 2.08. The maximum atomic E-state index is 11.3. The van der Waals surface area contributed by atoms with Gasteiger partial charge in [-0.2, -0.15) is 0 Å². The zero-order valence-corrected chi connectivity index (χ0v) is 15.4. The Kier molecular flexibility index (Phi) is 3.82. The first-order chi connectivity index (χ1) is 11.3. The van der Waals surface area contributed by atoms with E-state index in [4.69, 9.17) is 0 Å². The Bertz CT molecular complexity index is 566. The molecule has 0 spiro atoms. The molecule has 0 bridgehead atoms. The second-order valence-electron chi connectivity index (χ2n) is 9.68. The van der Waals surface area contributed by atoms with E-state index in [0.717, 1.165) is 50.9 Å². The van der Waals surface area contributed by atoms with Crippen LogP contribution in [0.25, 0.3) is 0 Å². The van der Waals surface area contributed by atoms with Gasteiger partial charge in [-0.1, -0.05) is 31.6 Å². The Morgan fingerprint density at radius 1 is 1.17 bits per heavy atom. The van der Waals surface area contributed by atoms with E-state index in [1.165, 1.54) is 18.4 Å². The Morgan fingerprint density at radius 3 is 2.67 bits per heavy atom. The van der Waals surface area contributed by atoms with Crippen molar-refractivity contribution < 1.29 is 10.2 Å². The molecule has 0 heterocycles. The molecule has 4 rings (SSSR count). The van der Waals surface area contributed by atoms with Gasteiger partial charge in [-0.15, -0.1) is 6.58 Å². The van der Waals surface area contributed by atoms with Crippen molar-refractivity contribution in [1.29, 1.82) is 0 Å². The molecule has 0 aromatic carbocycles. The van der Waals surface area contributed by atoms with Gasteiger partial charge in [0, 0.05) is 0 Å². The molecular formula is C22H34O2. The highest BCUT2D eigenvalue weighted by Gasteiger charge is 2.63. The third-order valence-corrected chi connectivity index (χ3v) is 8.88. The predicted molar refractivity (Wildman–Crippen MR) is 97.5 cm³/mol. The van der Waals surface area contributed by atoms with Crippen LogP contribution in [0.3, 0.4) is 0 Å². The fourth-order valence-electron chi connectivity index (χ4n) is 7.33. The molecule has 24 heavy (non-hydrogen) atoms. The van der Waals surface area contributed by atoms with E-state index in [-0.39, 0.29) is 11.5 Å². The van der Waals surface area contributed by atoms with E-state index in [9.17, 15) is 10.2 Å². The summed E-state index contributed by atoms with van der Waals surface area (Å²) in [7, 11) is 0. The number of allylic oxidation sites excluding steroid dienone is 1. The van der Waals surface area contributed by atoms with E-state index >= 15 is 0 Å². The Hall–Kier alpha value is -0.600. The van der Waals surface area contributed by atoms with Gasteiger partial charge in [0.05, 0.1) is 11.7 Å². The normalized spacial score (nSPS) is 53.6. The van der Waals surface area contributed by atoms with E-state index in [1.54, 1.807) is 0 Å². The Morgan fingerprint density at radius 2 is 1.92 bits per heavy atom. The van der Waals surface area contributed by atoms with E-state index in [1.807, 2.05) is 6.08 Å². The van der Waals surface area contributed by atoms with E-state index < -0.39 is 5.60 Å². The molecular weight excluding hydrogens is 296 g/mol. The second kappa shape index (κ2) is 5.45. The molecule has 2 N–H and O–H groups in total. The SMILES string of the molecule is C=CC[C@]1(O)CCC2C3CC=C4CC(O)CCC4(C)C3CCC21C. The van der Waals surface area contributed by atoms with Crippen molar-refractivity contribution in [3.63, 3.8) is 0 Å². The summed E-state index contributed by atoms with van der Waals surface area (Å²) in [6.07, 6.45) is 13.6. The summed E-state index contributed by atoms with van der Waals surface area (Å²) in [5.41, 5.74) is 1.34. The van der Waals surface area contributed by atoms with Crippen LogP contribution in [0.1, 0.15) is 71.6 Å². The topological polar surface area (TPSA) is 40.5 Å². The molecule has 0 aliphatic heterocycles. The van der Waals surface area contributed by atoms with Gasteiger partial charge in [0.25, 0.3) is 0 Å². The lowest BCUT2D eigenvalue weighted by Gasteiger charge is -2.59. The minimum absolute atomic E-state index is 0.0538. The van der Waals surface area contributed by atoms with Crippen LogP contribution in [0, 0.1) is 28.6 Å². The molecule has 0 aromatic heterocycles. The maximum absolute atomic E-state index is 11.3. The lowest BCUT2D eigenvalue weighted by Crippen LogP contribution is -2.54. The van der Waals surface area contributed by atoms with Crippen LogP contribution in [-0.4, -0.2) is 21.9 Å². The van der Waals surface area contributed by atoms with Crippen LogP contribution in [0.4, 0.5) is 0 Å². The van der Waals surface area contributed by atoms with Gasteiger partial charge in [-0.3, -0.25) is 0 Å². The maximum Gasteiger partial charge on any atom is 0.0738 e. The van der Waals surface area contributed by atoms with Crippen LogP contribution in [0.2, 0.25) is 0 Å². The van der Waals surface area contributed by atoms with Crippen molar-refractivity contribution in [2.75, 3.05) is 0 Å². The van der Waals surface area contributed by atoms with Crippen molar-refractivity contribution in [2.24, 2.45) is 28.6 Å². The average Bonchev–Trinajstić information content (AvgIpc) is 2.80. The molecule has 0 aromatic rings. The van der Waals surface area contributed by atoms with Gasteiger partial charge >= 0.3 is 0 Å². The monoisotopic (exact) mass is 330 g/mol. The molecule has 3 fully saturated rings. The third-order valence-electron chi connectivity index (χ3n) is 8.88. The van der Waals surface area contributed by atoms with Gasteiger partial charge in [-0.05, 0) is 86.4 Å². The van der Waals surface area contributed by atoms with Crippen LogP contribution < -0.4 is 0 Å². The predicted octanol–water partition coefficient (Wildman–Crippen LogP) is 4.62. The molecule has 6 unspecified atom stereocenters. The highest BCUT2D eigenvalue weighted by Crippen LogP contribution is 2.67. The van der Waals surface area contributed by atoms with Gasteiger partial charge in [-0.25, -0.2) is 0 Å². The minimum atomic E-state index is -0.544. The quantitative estimate of drug-likeness (QED) is 0.725. The van der Waals surface area contributed by atoms with Crippen molar-refractivity contribution in [1.82, 2.24) is 0 Å². The van der Waals surface area contributed by atoms with Gasteiger partial charge in [0.15, 0.2) is 0 Å². The zero-order valence-electron chi connectivity index (χ0n) is 15.4. The Labute approximate surface area is 147 Å². The highest BCUT2D eigenvalue weighted by molar-refractivity contribution is 5.26. The van der Waals surface area contributed by atoms with Crippen LogP contribution >= 0.6 is 0 Å².